The summed E-state index contributed by atoms with van der Waals surface area (Å²) in [5, 5.41) is 42.6. The highest BCUT2D eigenvalue weighted by Gasteiger charge is 2.72. The van der Waals surface area contributed by atoms with Crippen LogP contribution in [0.1, 0.15) is 20.8 Å². The van der Waals surface area contributed by atoms with Gasteiger partial charge in [0.05, 0.1) is 0 Å². The van der Waals surface area contributed by atoms with E-state index >= 15 is 0 Å². The van der Waals surface area contributed by atoms with E-state index in [1.807, 2.05) is 0 Å². The number of rotatable bonds is 7. The number of nitrogens with zero attached hydrogens (tertiary/aromatic N) is 1. The summed E-state index contributed by atoms with van der Waals surface area (Å²) in [6.07, 6.45) is -6.57. The van der Waals surface area contributed by atoms with Gasteiger partial charge in [-0.2, -0.15) is 0 Å². The molecule has 6 atom stereocenters. The van der Waals surface area contributed by atoms with Gasteiger partial charge in [0, 0.05) is 12.4 Å². The molecule has 0 radical (unpaired) electrons. The Morgan fingerprint density at radius 1 is 1.15 bits per heavy atom. The molecular weight excluding hydrogens is 388 g/mol. The highest BCUT2D eigenvalue weighted by atomic mass is 35.5. The van der Waals surface area contributed by atoms with E-state index in [4.69, 9.17) is 22.1 Å². The number of hydrogen-bond acceptors (Lipinski definition) is 9. The number of urea groups is 1. The first-order chi connectivity index (χ1) is 12.3. The molecule has 6 N–H and O–H groups in total. The third-order valence-corrected chi connectivity index (χ3v) is 4.87. The number of aliphatic hydroxyl groups excluding tert-OH is 2. The average molecular weight is 411 g/mol. The molecule has 11 nitrogen and oxygen atoms in total. The van der Waals surface area contributed by atoms with E-state index in [9.17, 15) is 39.6 Å². The number of aliphatic hydroxyl groups is 4. The van der Waals surface area contributed by atoms with Gasteiger partial charge in [-0.3, -0.25) is 14.4 Å². The molecule has 0 aromatic carbocycles. The van der Waals surface area contributed by atoms with E-state index < -0.39 is 59.1 Å². The zero-order valence-electron chi connectivity index (χ0n) is 15.0. The van der Waals surface area contributed by atoms with Crippen molar-refractivity contribution in [1.82, 2.24) is 4.90 Å². The van der Waals surface area contributed by atoms with Crippen LogP contribution in [0.5, 0.6) is 0 Å². The summed E-state index contributed by atoms with van der Waals surface area (Å²) in [4.78, 5) is 48.5. The Labute approximate surface area is 159 Å². The number of amides is 2. The lowest BCUT2D eigenvalue weighted by molar-refractivity contribution is -0.324. The smallest absolute Gasteiger partial charge is 0.315 e. The van der Waals surface area contributed by atoms with Crippen molar-refractivity contribution in [1.29, 1.82) is 0 Å². The van der Waals surface area contributed by atoms with Crippen LogP contribution in [0.25, 0.3) is 0 Å². The molecule has 0 aliphatic carbocycles. The summed E-state index contributed by atoms with van der Waals surface area (Å²) in [6, 6.07) is -3.28. The van der Waals surface area contributed by atoms with Gasteiger partial charge in [-0.25, -0.2) is 4.79 Å². The Kier molecular flexibility index (Phi) is 7.08. The molecule has 0 bridgehead atoms. The molecule has 0 spiro atoms. The fraction of sp³-hybridized carbons (Fsp3) is 0.733. The van der Waals surface area contributed by atoms with E-state index in [-0.39, 0.29) is 12.4 Å². The molecule has 0 aromatic heterocycles. The molecule has 1 aliphatic rings. The van der Waals surface area contributed by atoms with Gasteiger partial charge in [-0.1, -0.05) is 0 Å². The van der Waals surface area contributed by atoms with Crippen molar-refractivity contribution >= 4 is 35.0 Å². The number of primary amides is 1. The van der Waals surface area contributed by atoms with E-state index in [2.05, 4.69) is 0 Å². The Hall–Kier alpha value is -1.63. The third kappa shape index (κ3) is 3.58. The van der Waals surface area contributed by atoms with Crippen LogP contribution in [0.4, 0.5) is 4.79 Å². The molecule has 2 unspecified atom stereocenters. The number of carbonyl (C=O) groups is 4. The van der Waals surface area contributed by atoms with Crippen LogP contribution in [-0.2, 0) is 19.1 Å². The first-order valence-corrected chi connectivity index (χ1v) is 8.42. The van der Waals surface area contributed by atoms with Gasteiger partial charge in [-0.05, 0) is 20.8 Å². The quantitative estimate of drug-likeness (QED) is 0.278. The molecule has 1 aliphatic heterocycles. The van der Waals surface area contributed by atoms with E-state index in [0.29, 0.717) is 4.90 Å². The summed E-state index contributed by atoms with van der Waals surface area (Å²) >= 11 is 5.58. The van der Waals surface area contributed by atoms with Crippen LogP contribution in [0.3, 0.4) is 0 Å². The summed E-state index contributed by atoms with van der Waals surface area (Å²) in [5.74, 6) is -3.70. The predicted molar refractivity (Wildman–Crippen MR) is 89.6 cm³/mol. The van der Waals surface area contributed by atoms with Gasteiger partial charge in [0.2, 0.25) is 0 Å². The first-order valence-electron chi connectivity index (χ1n) is 7.89. The molecule has 154 valence electrons. The maximum atomic E-state index is 12.4. The second-order valence-electron chi connectivity index (χ2n) is 6.31. The Balaban J connectivity index is 3.77. The fourth-order valence-electron chi connectivity index (χ4n) is 3.29. The Morgan fingerprint density at radius 3 is 1.96 bits per heavy atom. The van der Waals surface area contributed by atoms with Crippen LogP contribution in [0.15, 0.2) is 0 Å². The molecule has 1 rings (SSSR count). The van der Waals surface area contributed by atoms with Gasteiger partial charge >= 0.3 is 6.03 Å². The number of carbonyl (C=O) groups excluding carboxylic acids is 4. The Bertz CT molecular complexity index is 645. The fourth-order valence-corrected chi connectivity index (χ4v) is 3.47. The second kappa shape index (κ2) is 8.17. The summed E-state index contributed by atoms with van der Waals surface area (Å²) in [6.45, 7) is 2.09. The van der Waals surface area contributed by atoms with E-state index in [0.717, 1.165) is 20.8 Å². The minimum absolute atomic E-state index is 0.238. The summed E-state index contributed by atoms with van der Waals surface area (Å²) < 4.78 is 5.03. The van der Waals surface area contributed by atoms with Crippen molar-refractivity contribution in [2.75, 3.05) is 12.4 Å². The maximum absolute atomic E-state index is 12.4. The molecule has 12 heteroatoms. The second-order valence-corrected chi connectivity index (χ2v) is 6.69. The number of alkyl halides is 1. The maximum Gasteiger partial charge on any atom is 0.315 e. The minimum Gasteiger partial charge on any atom is -0.382 e. The standard InChI is InChI=1S/C15H23ClN2O9/c1-6(19)9(22)11-15(26,8(3)21)14(25,7(2)20)10(12(23)27-11)18(5-4-16)13(17)24/h9-12,22-23,25-26H,4-5H2,1-3H3,(H2,17,24)/t9?,10-,11+,12?,14+,15+/m0/s1. The first kappa shape index (κ1) is 23.4. The van der Waals surface area contributed by atoms with Crippen molar-refractivity contribution in [2.24, 2.45) is 5.73 Å². The van der Waals surface area contributed by atoms with Crippen molar-refractivity contribution in [3.63, 3.8) is 0 Å². The molecular formula is C15H23ClN2O9. The highest BCUT2D eigenvalue weighted by molar-refractivity contribution is 6.18. The molecule has 2 amide bonds. The Morgan fingerprint density at radius 2 is 1.63 bits per heavy atom. The SMILES string of the molecule is CC(=O)C(O)[C@H]1OC(O)[C@H](N(CCCl)C(N)=O)[C@](O)(C(C)=O)[C@@]1(O)C(C)=O. The van der Waals surface area contributed by atoms with E-state index in [1.165, 1.54) is 0 Å². The van der Waals surface area contributed by atoms with Gasteiger partial charge < -0.3 is 35.8 Å². The van der Waals surface area contributed by atoms with Crippen molar-refractivity contribution < 1.29 is 44.3 Å². The number of nitrogens with two attached hydrogens (primary N) is 1. The van der Waals surface area contributed by atoms with E-state index in [1.54, 1.807) is 0 Å². The number of ether oxygens (including phenoxy) is 1. The molecule has 0 saturated carbocycles. The zero-order chi connectivity index (χ0) is 21.3. The molecule has 0 aromatic rings. The number of hydrogen-bond donors (Lipinski definition) is 5. The van der Waals surface area contributed by atoms with Gasteiger partial charge in [-0.15, -0.1) is 11.6 Å². The minimum atomic E-state index is -3.19. The number of halogens is 1. The van der Waals surface area contributed by atoms with Crippen LogP contribution in [0, 0.1) is 0 Å². The summed E-state index contributed by atoms with van der Waals surface area (Å²) in [5.41, 5.74) is -1.14. The van der Waals surface area contributed by atoms with Gasteiger partial charge in [0.15, 0.2) is 34.8 Å². The lowest BCUT2D eigenvalue weighted by Gasteiger charge is -2.56. The molecule has 1 heterocycles. The van der Waals surface area contributed by atoms with Crippen LogP contribution in [0.2, 0.25) is 0 Å². The van der Waals surface area contributed by atoms with Crippen LogP contribution in [-0.4, -0.2) is 96.9 Å². The lowest BCUT2D eigenvalue weighted by Crippen LogP contribution is -2.83. The van der Waals surface area contributed by atoms with Crippen LogP contribution < -0.4 is 5.73 Å². The van der Waals surface area contributed by atoms with Crippen LogP contribution >= 0.6 is 11.6 Å². The molecule has 1 saturated heterocycles. The van der Waals surface area contributed by atoms with Crippen molar-refractivity contribution in [2.45, 2.75) is 56.5 Å². The monoisotopic (exact) mass is 410 g/mol. The van der Waals surface area contributed by atoms with Gasteiger partial charge in [0.25, 0.3) is 0 Å². The molecule has 27 heavy (non-hydrogen) atoms. The third-order valence-electron chi connectivity index (χ3n) is 4.70. The predicted octanol–water partition coefficient (Wildman–Crippen LogP) is -2.72. The zero-order valence-corrected chi connectivity index (χ0v) is 15.7. The number of ketones is 3. The number of Topliss-reactive ketones (excluding diaryl/α,β-unsaturated/α-hetero) is 3. The van der Waals surface area contributed by atoms with Gasteiger partial charge in [0.1, 0.15) is 18.2 Å². The largest absolute Gasteiger partial charge is 0.382 e. The van der Waals surface area contributed by atoms with Crippen molar-refractivity contribution in [3.8, 4) is 0 Å². The molecule has 1 fully saturated rings. The lowest BCUT2D eigenvalue weighted by atomic mass is 9.65. The highest BCUT2D eigenvalue weighted by Crippen LogP contribution is 2.42. The topological polar surface area (TPSA) is 188 Å². The summed E-state index contributed by atoms with van der Waals surface area (Å²) in [7, 11) is 0. The normalized spacial score (nSPS) is 34.6. The van der Waals surface area contributed by atoms with Crippen molar-refractivity contribution in [3.05, 3.63) is 0 Å². The average Bonchev–Trinajstić information content (AvgIpc) is 2.55.